The van der Waals surface area contributed by atoms with Crippen molar-refractivity contribution in [1.82, 2.24) is 4.90 Å². The van der Waals surface area contributed by atoms with E-state index in [1.54, 1.807) is 13.8 Å². The number of carbonyl (C=O) groups is 4. The molecule has 37 heavy (non-hydrogen) atoms. The molecule has 0 bridgehead atoms. The van der Waals surface area contributed by atoms with E-state index in [4.69, 9.17) is 16.3 Å². The van der Waals surface area contributed by atoms with Crippen molar-refractivity contribution in [3.8, 4) is 0 Å². The molecule has 1 N–H and O–H groups in total. The van der Waals surface area contributed by atoms with Gasteiger partial charge >= 0.3 is 12.1 Å². The molecule has 0 aliphatic carbocycles. The van der Waals surface area contributed by atoms with Gasteiger partial charge in [0.15, 0.2) is 6.61 Å². The molecule has 0 fully saturated rings. The molecule has 2 aromatic carbocycles. The first-order chi connectivity index (χ1) is 17.1. The number of imide groups is 1. The number of alkyl halides is 3. The summed E-state index contributed by atoms with van der Waals surface area (Å²) in [5, 5.41) is 2.03. The Morgan fingerprint density at radius 2 is 1.51 bits per heavy atom. The molecule has 0 spiro atoms. The number of halogens is 8. The van der Waals surface area contributed by atoms with Crippen molar-refractivity contribution in [3.63, 3.8) is 0 Å². The highest BCUT2D eigenvalue weighted by atomic mass is 127. The number of nitrogens with zero attached hydrogens (tertiary/aromatic N) is 1. The van der Waals surface area contributed by atoms with Gasteiger partial charge in [-0.15, -0.1) is 0 Å². The van der Waals surface area contributed by atoms with E-state index in [-0.39, 0.29) is 21.8 Å². The number of carbonyl (C=O) groups excluding carboxylic acids is 4. The number of amides is 3. The summed E-state index contributed by atoms with van der Waals surface area (Å²) in [6, 6.07) is 1.06. The van der Waals surface area contributed by atoms with Gasteiger partial charge in [0.2, 0.25) is 0 Å². The number of hydrogen-bond donors (Lipinski definition) is 1. The summed E-state index contributed by atoms with van der Waals surface area (Å²) in [4.78, 5) is 52.8. The number of anilines is 1. The van der Waals surface area contributed by atoms with E-state index in [2.05, 4.69) is 50.5 Å². The van der Waals surface area contributed by atoms with Gasteiger partial charge in [-0.05, 0) is 114 Å². The molecule has 2 aromatic rings. The summed E-state index contributed by atoms with van der Waals surface area (Å²) >= 11 is 14.0. The van der Waals surface area contributed by atoms with Crippen LogP contribution in [0.4, 0.5) is 18.9 Å². The first kappa shape index (κ1) is 31.1. The molecule has 1 aliphatic heterocycles. The maximum Gasteiger partial charge on any atom is 0.416 e. The molecule has 0 radical (unpaired) electrons. The van der Waals surface area contributed by atoms with Crippen LogP contribution in [-0.2, 0) is 20.5 Å². The van der Waals surface area contributed by atoms with Crippen molar-refractivity contribution in [3.05, 3.63) is 54.2 Å². The third-order valence-electron chi connectivity index (χ3n) is 5.20. The summed E-state index contributed by atoms with van der Waals surface area (Å²) in [5.74, 6) is -3.82. The monoisotopic (exact) mass is 986 g/mol. The van der Waals surface area contributed by atoms with Crippen LogP contribution in [0, 0.1) is 20.2 Å². The van der Waals surface area contributed by atoms with Crippen molar-refractivity contribution in [2.45, 2.75) is 26.1 Å². The SMILES string of the molecule is CC(C)[C@@H](C(=O)OCC(=O)Nc1cc(C(F)(F)F)ccc1Cl)N1C(=O)c2c(I)c(I)c(I)c(I)c2C1=O. The smallest absolute Gasteiger partial charge is 0.416 e. The highest BCUT2D eigenvalue weighted by molar-refractivity contribution is 14.1. The van der Waals surface area contributed by atoms with Crippen molar-refractivity contribution >= 4 is 131 Å². The number of hydrogen-bond acceptors (Lipinski definition) is 5. The van der Waals surface area contributed by atoms with Gasteiger partial charge in [-0.25, -0.2) is 4.79 Å². The Morgan fingerprint density at radius 3 is 1.97 bits per heavy atom. The first-order valence-corrected chi connectivity index (χ1v) is 14.8. The van der Waals surface area contributed by atoms with E-state index < -0.39 is 54.0 Å². The molecular weight excluding hydrogens is 972 g/mol. The van der Waals surface area contributed by atoms with E-state index >= 15 is 0 Å². The normalized spacial score (nSPS) is 14.2. The van der Waals surface area contributed by atoms with Crippen molar-refractivity contribution in [2.75, 3.05) is 11.9 Å². The maximum atomic E-state index is 13.3. The Balaban J connectivity index is 1.80. The molecular formula is C22H14ClF3I4N2O5. The van der Waals surface area contributed by atoms with Crippen LogP contribution in [0.3, 0.4) is 0 Å². The second kappa shape index (κ2) is 11.9. The molecule has 198 valence electrons. The number of benzene rings is 2. The molecule has 0 aromatic heterocycles. The molecule has 7 nitrogen and oxygen atoms in total. The molecule has 3 amide bonds. The zero-order chi connectivity index (χ0) is 28.0. The average molecular weight is 986 g/mol. The van der Waals surface area contributed by atoms with E-state index in [1.165, 1.54) is 0 Å². The summed E-state index contributed by atoms with van der Waals surface area (Å²) < 4.78 is 46.8. The minimum absolute atomic E-state index is 0.146. The highest BCUT2D eigenvalue weighted by Crippen LogP contribution is 2.39. The Morgan fingerprint density at radius 1 is 1.00 bits per heavy atom. The van der Waals surface area contributed by atoms with Crippen LogP contribution in [0.1, 0.15) is 40.1 Å². The minimum Gasteiger partial charge on any atom is -0.454 e. The molecule has 1 atom stereocenters. The summed E-state index contributed by atoms with van der Waals surface area (Å²) in [7, 11) is 0. The van der Waals surface area contributed by atoms with Crippen molar-refractivity contribution in [1.29, 1.82) is 0 Å². The van der Waals surface area contributed by atoms with Crippen LogP contribution in [0.2, 0.25) is 5.02 Å². The lowest BCUT2D eigenvalue weighted by Crippen LogP contribution is -2.49. The zero-order valence-corrected chi connectivity index (χ0v) is 28.0. The Hall–Kier alpha value is -0.480. The number of fused-ring (bicyclic) bond motifs is 1. The molecule has 0 saturated heterocycles. The number of nitrogens with one attached hydrogen (secondary N) is 1. The van der Waals surface area contributed by atoms with Crippen LogP contribution in [0.25, 0.3) is 0 Å². The third-order valence-corrected chi connectivity index (χ3v) is 12.9. The van der Waals surface area contributed by atoms with Gasteiger partial charge in [0.25, 0.3) is 17.7 Å². The van der Waals surface area contributed by atoms with Gasteiger partial charge in [-0.3, -0.25) is 19.3 Å². The van der Waals surface area contributed by atoms with E-state index in [0.717, 1.165) is 24.2 Å². The van der Waals surface area contributed by atoms with Crippen LogP contribution in [0.5, 0.6) is 0 Å². The lowest BCUT2D eigenvalue weighted by Gasteiger charge is -2.27. The fraction of sp³-hybridized carbons (Fsp3) is 0.273. The molecule has 3 rings (SSSR count). The zero-order valence-electron chi connectivity index (χ0n) is 18.6. The molecule has 1 heterocycles. The van der Waals surface area contributed by atoms with Gasteiger partial charge in [-0.1, -0.05) is 25.4 Å². The molecule has 15 heteroatoms. The average Bonchev–Trinajstić information content (AvgIpc) is 3.06. The quantitative estimate of drug-likeness (QED) is 0.116. The number of ether oxygens (including phenoxy) is 1. The van der Waals surface area contributed by atoms with E-state index in [1.807, 2.05) is 45.2 Å². The van der Waals surface area contributed by atoms with Crippen LogP contribution < -0.4 is 5.32 Å². The number of rotatable bonds is 6. The minimum atomic E-state index is -4.65. The van der Waals surface area contributed by atoms with Gasteiger partial charge < -0.3 is 10.1 Å². The molecule has 1 aliphatic rings. The van der Waals surface area contributed by atoms with E-state index in [0.29, 0.717) is 13.2 Å². The fourth-order valence-electron chi connectivity index (χ4n) is 3.50. The Kier molecular flexibility index (Phi) is 10.0. The van der Waals surface area contributed by atoms with Gasteiger partial charge in [0.05, 0.1) is 27.4 Å². The molecule has 0 saturated carbocycles. The highest BCUT2D eigenvalue weighted by Gasteiger charge is 2.47. The second-order valence-electron chi connectivity index (χ2n) is 8.02. The number of esters is 1. The largest absolute Gasteiger partial charge is 0.454 e. The predicted molar refractivity (Wildman–Crippen MR) is 162 cm³/mol. The van der Waals surface area contributed by atoms with E-state index in [9.17, 15) is 32.3 Å². The maximum absolute atomic E-state index is 13.3. The lowest BCUT2D eigenvalue weighted by molar-refractivity contribution is -0.152. The summed E-state index contributed by atoms with van der Waals surface area (Å²) in [6.45, 7) is 2.35. The standard InChI is InChI=1S/C22H14ClF3I4N2O5/c1-7(2)18(32-19(34)12-13(20(32)35)15(28)17(30)16(29)14(12)27)21(36)37-6-11(33)31-10-5-8(22(24,25)26)3-4-9(10)23/h3-5,7,18H,6H2,1-2H3,(H,31,33)/t18-/m0/s1. The summed E-state index contributed by atoms with van der Waals surface area (Å²) in [5.41, 5.74) is -0.930. The summed E-state index contributed by atoms with van der Waals surface area (Å²) in [6.07, 6.45) is -4.65. The van der Waals surface area contributed by atoms with Gasteiger partial charge in [0, 0.05) is 14.3 Å². The predicted octanol–water partition coefficient (Wildman–Crippen LogP) is 6.58. The van der Waals surface area contributed by atoms with Gasteiger partial charge in [-0.2, -0.15) is 13.2 Å². The Bertz CT molecular complexity index is 1290. The van der Waals surface area contributed by atoms with Crippen LogP contribution in [-0.4, -0.2) is 41.2 Å². The Labute approximate surface area is 268 Å². The third kappa shape index (κ3) is 6.31. The molecule has 0 unspecified atom stereocenters. The second-order valence-corrected chi connectivity index (χ2v) is 12.7. The first-order valence-electron chi connectivity index (χ1n) is 10.1. The lowest BCUT2D eigenvalue weighted by atomic mass is 10.0. The van der Waals surface area contributed by atoms with Gasteiger partial charge in [0.1, 0.15) is 6.04 Å². The van der Waals surface area contributed by atoms with Crippen molar-refractivity contribution < 1.29 is 37.1 Å². The van der Waals surface area contributed by atoms with Crippen LogP contribution >= 0.6 is 102 Å². The van der Waals surface area contributed by atoms with Crippen molar-refractivity contribution in [2.24, 2.45) is 5.92 Å². The fourth-order valence-corrected chi connectivity index (χ4v) is 7.32. The van der Waals surface area contributed by atoms with Crippen LogP contribution in [0.15, 0.2) is 18.2 Å². The topological polar surface area (TPSA) is 92.8 Å².